The van der Waals surface area contributed by atoms with Gasteiger partial charge in [0.2, 0.25) is 0 Å². The van der Waals surface area contributed by atoms with Crippen molar-refractivity contribution in [1.82, 2.24) is 4.90 Å². The van der Waals surface area contributed by atoms with Gasteiger partial charge < -0.3 is 4.43 Å². The first-order chi connectivity index (χ1) is 20.6. The lowest BCUT2D eigenvalue weighted by molar-refractivity contribution is 0.159. The number of nitrogens with zero attached hydrogens (tertiary/aromatic N) is 1. The second-order valence-corrected chi connectivity index (χ2v) is 18.6. The summed E-state index contributed by atoms with van der Waals surface area (Å²) in [5, 5.41) is 2.39. The molecule has 5 nitrogen and oxygen atoms in total. The molecule has 226 valence electrons. The number of rotatable bonds is 11. The largest absolute Gasteiger partial charge is 0.406 e. The topological polar surface area (TPSA) is 55.8 Å². The summed E-state index contributed by atoms with van der Waals surface area (Å²) >= 11 is 0. The second kappa shape index (κ2) is 13.3. The minimum absolute atomic E-state index is 0.0664. The molecule has 0 amide bonds. The number of hydrogen-bond acceptors (Lipinski definition) is 5. The van der Waals surface area contributed by atoms with E-state index in [-0.39, 0.29) is 28.5 Å². The molecule has 2 atom stereocenters. The van der Waals surface area contributed by atoms with E-state index in [0.717, 1.165) is 25.1 Å². The number of benzene rings is 4. The summed E-state index contributed by atoms with van der Waals surface area (Å²) in [6, 6.07) is 38.8. The van der Waals surface area contributed by atoms with Crippen LogP contribution in [0.15, 0.2) is 120 Å². The SMILES string of the molecule is Cc1ccc(S(=O)(=O)OC[C@H]2C[C@@H](CO[Si](c3ccccc3)(c3ccccc3)C(C)(C)C)N(Cc3ccccc3)C2)cc1. The molecule has 0 spiro atoms. The Labute approximate surface area is 258 Å². The Bertz CT molecular complexity index is 1520. The highest BCUT2D eigenvalue weighted by Gasteiger charge is 2.51. The van der Waals surface area contributed by atoms with Gasteiger partial charge in [-0.1, -0.05) is 129 Å². The van der Waals surface area contributed by atoms with Crippen LogP contribution >= 0.6 is 0 Å². The Morgan fingerprint density at radius 2 is 1.30 bits per heavy atom. The van der Waals surface area contributed by atoms with E-state index in [9.17, 15) is 8.42 Å². The third-order valence-corrected chi connectivity index (χ3v) is 14.8. The predicted molar refractivity (Wildman–Crippen MR) is 177 cm³/mol. The van der Waals surface area contributed by atoms with Crippen LogP contribution in [0.25, 0.3) is 0 Å². The summed E-state index contributed by atoms with van der Waals surface area (Å²) < 4.78 is 38.9. The highest BCUT2D eigenvalue weighted by atomic mass is 32.2. The fourth-order valence-electron chi connectivity index (χ4n) is 6.34. The molecule has 5 rings (SSSR count). The highest BCUT2D eigenvalue weighted by molar-refractivity contribution is 7.86. The van der Waals surface area contributed by atoms with Gasteiger partial charge in [0.25, 0.3) is 18.4 Å². The van der Waals surface area contributed by atoms with Gasteiger partial charge >= 0.3 is 0 Å². The van der Waals surface area contributed by atoms with E-state index in [4.69, 9.17) is 8.61 Å². The van der Waals surface area contributed by atoms with Crippen molar-refractivity contribution in [2.45, 2.75) is 56.6 Å². The lowest BCUT2D eigenvalue weighted by atomic mass is 10.1. The molecule has 1 saturated heterocycles. The predicted octanol–water partition coefficient (Wildman–Crippen LogP) is 6.17. The molecule has 0 aliphatic carbocycles. The van der Waals surface area contributed by atoms with Crippen LogP contribution in [0.3, 0.4) is 0 Å². The molecule has 0 unspecified atom stereocenters. The Morgan fingerprint density at radius 1 is 0.767 bits per heavy atom. The summed E-state index contributed by atoms with van der Waals surface area (Å²) in [5.41, 5.74) is 2.24. The summed E-state index contributed by atoms with van der Waals surface area (Å²) in [7, 11) is -6.54. The molecule has 1 heterocycles. The van der Waals surface area contributed by atoms with Crippen molar-refractivity contribution in [1.29, 1.82) is 0 Å². The van der Waals surface area contributed by atoms with Gasteiger partial charge in [0, 0.05) is 19.1 Å². The Balaban J connectivity index is 1.40. The molecular formula is C36H43NO4SSi. The number of aryl methyl sites for hydroxylation is 1. The summed E-state index contributed by atoms with van der Waals surface area (Å²) in [6.07, 6.45) is 0.800. The van der Waals surface area contributed by atoms with Crippen molar-refractivity contribution < 1.29 is 17.0 Å². The average Bonchev–Trinajstić information content (AvgIpc) is 3.39. The maximum atomic E-state index is 13.0. The van der Waals surface area contributed by atoms with Gasteiger partial charge in [-0.3, -0.25) is 9.08 Å². The van der Waals surface area contributed by atoms with Gasteiger partial charge in [0.1, 0.15) is 0 Å². The molecular weight excluding hydrogens is 571 g/mol. The maximum absolute atomic E-state index is 13.0. The quantitative estimate of drug-likeness (QED) is 0.150. The van der Waals surface area contributed by atoms with Crippen LogP contribution in [0.2, 0.25) is 5.04 Å². The van der Waals surface area contributed by atoms with Crippen molar-refractivity contribution in [2.24, 2.45) is 5.92 Å². The van der Waals surface area contributed by atoms with Crippen LogP contribution in [0.5, 0.6) is 0 Å². The summed E-state index contributed by atoms with van der Waals surface area (Å²) in [4.78, 5) is 2.64. The van der Waals surface area contributed by atoms with Crippen molar-refractivity contribution in [3.05, 3.63) is 126 Å². The third kappa shape index (κ3) is 7.19. The molecule has 4 aromatic carbocycles. The van der Waals surface area contributed by atoms with Crippen molar-refractivity contribution >= 4 is 28.8 Å². The molecule has 0 N–H and O–H groups in total. The van der Waals surface area contributed by atoms with Gasteiger partial charge in [-0.05, 0) is 52.4 Å². The van der Waals surface area contributed by atoms with Crippen LogP contribution in [0, 0.1) is 12.8 Å². The van der Waals surface area contributed by atoms with Crippen LogP contribution in [0.1, 0.15) is 38.3 Å². The Hall–Kier alpha value is -3.07. The molecule has 43 heavy (non-hydrogen) atoms. The summed E-state index contributed by atoms with van der Waals surface area (Å²) in [5.74, 6) is 0.0664. The minimum atomic E-state index is -3.83. The van der Waals surface area contributed by atoms with E-state index < -0.39 is 18.4 Å². The van der Waals surface area contributed by atoms with E-state index in [0.29, 0.717) is 6.61 Å². The molecule has 1 fully saturated rings. The summed E-state index contributed by atoms with van der Waals surface area (Å²) in [6.45, 7) is 11.0. The second-order valence-electron chi connectivity index (χ2n) is 12.7. The smallest absolute Gasteiger partial charge is 0.296 e. The lowest BCUT2D eigenvalue weighted by Crippen LogP contribution is -2.67. The zero-order valence-electron chi connectivity index (χ0n) is 25.6. The molecule has 0 aromatic heterocycles. The molecule has 4 aromatic rings. The molecule has 0 bridgehead atoms. The first-order valence-corrected chi connectivity index (χ1v) is 18.4. The average molecular weight is 614 g/mol. The van der Waals surface area contributed by atoms with E-state index in [1.165, 1.54) is 15.9 Å². The fourth-order valence-corrected chi connectivity index (χ4v) is 11.9. The van der Waals surface area contributed by atoms with Crippen LogP contribution in [0.4, 0.5) is 0 Å². The molecule has 7 heteroatoms. The molecule has 0 radical (unpaired) electrons. The zero-order chi connectivity index (χ0) is 30.5. The van der Waals surface area contributed by atoms with E-state index in [1.54, 1.807) is 24.3 Å². The normalized spacial score (nSPS) is 18.1. The first-order valence-electron chi connectivity index (χ1n) is 15.1. The third-order valence-electron chi connectivity index (χ3n) is 8.52. The highest BCUT2D eigenvalue weighted by Crippen LogP contribution is 2.38. The van der Waals surface area contributed by atoms with Gasteiger partial charge in [-0.2, -0.15) is 8.42 Å². The first kappa shape index (κ1) is 31.4. The lowest BCUT2D eigenvalue weighted by Gasteiger charge is -2.44. The Morgan fingerprint density at radius 3 is 1.84 bits per heavy atom. The monoisotopic (exact) mass is 613 g/mol. The zero-order valence-corrected chi connectivity index (χ0v) is 27.5. The molecule has 1 aliphatic rings. The van der Waals surface area contributed by atoms with Crippen molar-refractivity contribution in [3.63, 3.8) is 0 Å². The van der Waals surface area contributed by atoms with Gasteiger partial charge in [-0.15, -0.1) is 0 Å². The van der Waals surface area contributed by atoms with E-state index >= 15 is 0 Å². The minimum Gasteiger partial charge on any atom is -0.406 e. The van der Waals surface area contributed by atoms with Crippen LogP contribution in [-0.4, -0.2) is 47.4 Å². The van der Waals surface area contributed by atoms with E-state index in [1.807, 2.05) is 13.0 Å². The molecule has 1 aliphatic heterocycles. The van der Waals surface area contributed by atoms with Crippen molar-refractivity contribution in [2.75, 3.05) is 19.8 Å². The van der Waals surface area contributed by atoms with Crippen LogP contribution in [-0.2, 0) is 25.3 Å². The van der Waals surface area contributed by atoms with Gasteiger partial charge in [-0.25, -0.2) is 0 Å². The van der Waals surface area contributed by atoms with Crippen molar-refractivity contribution in [3.8, 4) is 0 Å². The fraction of sp³-hybridized carbons (Fsp3) is 0.333. The molecule has 0 saturated carbocycles. The standard InChI is InChI=1S/C36H43NO4SSi/c1-29-20-22-33(23-21-29)42(38,39)40-27-31-24-32(37(26-31)25-30-14-8-5-9-15-30)28-41-43(36(2,3)4,34-16-10-6-11-17-34)35-18-12-7-13-19-35/h5-23,31-32H,24-28H2,1-4H3/t31-,32-/m0/s1. The van der Waals surface area contributed by atoms with Gasteiger partial charge in [0.15, 0.2) is 0 Å². The van der Waals surface area contributed by atoms with E-state index in [2.05, 4.69) is 111 Å². The maximum Gasteiger partial charge on any atom is 0.296 e. The number of hydrogen-bond donors (Lipinski definition) is 0. The Kier molecular flexibility index (Phi) is 9.69. The van der Waals surface area contributed by atoms with Crippen LogP contribution < -0.4 is 10.4 Å². The number of likely N-dealkylation sites (tertiary alicyclic amines) is 1. The van der Waals surface area contributed by atoms with Gasteiger partial charge in [0.05, 0.1) is 18.1 Å².